The van der Waals surface area contributed by atoms with Crippen molar-refractivity contribution in [2.75, 3.05) is 6.54 Å². The molecule has 0 fully saturated rings. The van der Waals surface area contributed by atoms with Crippen LogP contribution in [-0.2, 0) is 22.6 Å². The molecule has 0 aliphatic rings. The Hall–Kier alpha value is -3.60. The van der Waals surface area contributed by atoms with Crippen LogP contribution in [0.15, 0.2) is 84.9 Å². The molecule has 0 heterocycles. The van der Waals surface area contributed by atoms with Crippen LogP contribution in [0, 0.1) is 0 Å². The van der Waals surface area contributed by atoms with Gasteiger partial charge in [0, 0.05) is 13.5 Å². The largest absolute Gasteiger partial charge is 0.489 e. The third-order valence-electron chi connectivity index (χ3n) is 4.88. The number of hydrogen-bond acceptors (Lipinski definition) is 3. The van der Waals surface area contributed by atoms with Crippen LogP contribution < -0.4 is 15.4 Å². The highest BCUT2D eigenvalue weighted by Gasteiger charge is 2.16. The van der Waals surface area contributed by atoms with Gasteiger partial charge in [0.25, 0.3) is 0 Å². The van der Waals surface area contributed by atoms with Crippen LogP contribution in [0.1, 0.15) is 36.1 Å². The molecule has 0 spiro atoms. The Labute approximate surface area is 183 Å². The lowest BCUT2D eigenvalue weighted by molar-refractivity contribution is -0.122. The number of ether oxygens (including phenoxy) is 1. The molecule has 0 saturated carbocycles. The number of carbonyl (C=O) groups is 2. The standard InChI is InChI=1S/C26H28N2O3/c1-20(29)28-25(23-10-6-3-7-11-23)18-26(30)27-17-16-21-12-14-24(15-13-21)31-19-22-8-4-2-5-9-22/h2-15,25H,16-19H2,1H3,(H,27,30)(H,28,29). The van der Waals surface area contributed by atoms with E-state index in [-0.39, 0.29) is 24.3 Å². The normalized spacial score (nSPS) is 11.4. The Morgan fingerprint density at radius 2 is 1.48 bits per heavy atom. The first kappa shape index (κ1) is 22.1. The third kappa shape index (κ3) is 7.63. The topological polar surface area (TPSA) is 67.4 Å². The minimum Gasteiger partial charge on any atom is -0.489 e. The van der Waals surface area contributed by atoms with Gasteiger partial charge in [0.15, 0.2) is 0 Å². The van der Waals surface area contributed by atoms with Crippen LogP contribution in [-0.4, -0.2) is 18.4 Å². The monoisotopic (exact) mass is 416 g/mol. The quantitative estimate of drug-likeness (QED) is 0.521. The van der Waals surface area contributed by atoms with Crippen LogP contribution >= 0.6 is 0 Å². The van der Waals surface area contributed by atoms with Gasteiger partial charge < -0.3 is 15.4 Å². The molecule has 0 radical (unpaired) electrons. The first-order valence-electron chi connectivity index (χ1n) is 10.4. The molecular weight excluding hydrogens is 388 g/mol. The highest BCUT2D eigenvalue weighted by Crippen LogP contribution is 2.17. The van der Waals surface area contributed by atoms with Crippen molar-refractivity contribution in [3.05, 3.63) is 102 Å². The summed E-state index contributed by atoms with van der Waals surface area (Å²) in [4.78, 5) is 23.9. The van der Waals surface area contributed by atoms with Crippen molar-refractivity contribution in [2.45, 2.75) is 32.4 Å². The maximum atomic E-state index is 12.4. The van der Waals surface area contributed by atoms with Crippen molar-refractivity contribution >= 4 is 11.8 Å². The maximum Gasteiger partial charge on any atom is 0.222 e. The first-order chi connectivity index (χ1) is 15.1. The molecule has 3 aromatic carbocycles. The van der Waals surface area contributed by atoms with Crippen molar-refractivity contribution in [3.8, 4) is 5.75 Å². The summed E-state index contributed by atoms with van der Waals surface area (Å²) in [6, 6.07) is 27.1. The van der Waals surface area contributed by atoms with Crippen molar-refractivity contribution in [3.63, 3.8) is 0 Å². The van der Waals surface area contributed by atoms with E-state index in [0.717, 1.165) is 28.9 Å². The molecule has 0 aliphatic heterocycles. The molecule has 3 aromatic rings. The van der Waals surface area contributed by atoms with E-state index in [2.05, 4.69) is 10.6 Å². The van der Waals surface area contributed by atoms with Gasteiger partial charge in [-0.05, 0) is 35.2 Å². The average molecular weight is 417 g/mol. The molecule has 2 N–H and O–H groups in total. The average Bonchev–Trinajstić information content (AvgIpc) is 2.79. The Balaban J connectivity index is 1.43. The fourth-order valence-electron chi connectivity index (χ4n) is 3.28. The zero-order chi connectivity index (χ0) is 21.9. The molecule has 0 aliphatic carbocycles. The van der Waals surface area contributed by atoms with Gasteiger partial charge in [0.05, 0.1) is 12.5 Å². The molecule has 1 atom stereocenters. The Bertz CT molecular complexity index is 957. The van der Waals surface area contributed by atoms with Crippen molar-refractivity contribution in [1.82, 2.24) is 10.6 Å². The van der Waals surface area contributed by atoms with Gasteiger partial charge in [-0.3, -0.25) is 9.59 Å². The lowest BCUT2D eigenvalue weighted by Gasteiger charge is -2.18. The Morgan fingerprint density at radius 1 is 0.839 bits per heavy atom. The summed E-state index contributed by atoms with van der Waals surface area (Å²) < 4.78 is 5.80. The molecule has 1 unspecified atom stereocenters. The van der Waals surface area contributed by atoms with E-state index in [9.17, 15) is 9.59 Å². The van der Waals surface area contributed by atoms with Gasteiger partial charge in [-0.25, -0.2) is 0 Å². The van der Waals surface area contributed by atoms with E-state index in [4.69, 9.17) is 4.74 Å². The SMILES string of the molecule is CC(=O)NC(CC(=O)NCCc1ccc(OCc2ccccc2)cc1)c1ccccc1. The second-order valence-corrected chi connectivity index (χ2v) is 7.39. The van der Waals surface area contributed by atoms with Gasteiger partial charge >= 0.3 is 0 Å². The van der Waals surface area contributed by atoms with Crippen LogP contribution in [0.3, 0.4) is 0 Å². The van der Waals surface area contributed by atoms with Gasteiger partial charge in [-0.15, -0.1) is 0 Å². The molecular formula is C26H28N2O3. The maximum absolute atomic E-state index is 12.4. The first-order valence-corrected chi connectivity index (χ1v) is 10.4. The summed E-state index contributed by atoms with van der Waals surface area (Å²) in [5, 5.41) is 5.80. The van der Waals surface area contributed by atoms with Gasteiger partial charge in [-0.2, -0.15) is 0 Å². The summed E-state index contributed by atoms with van der Waals surface area (Å²) in [5.41, 5.74) is 3.16. The van der Waals surface area contributed by atoms with E-state index in [0.29, 0.717) is 13.2 Å². The second kappa shape index (κ2) is 11.6. The van der Waals surface area contributed by atoms with Crippen molar-refractivity contribution in [1.29, 1.82) is 0 Å². The Kier molecular flexibility index (Phi) is 8.23. The van der Waals surface area contributed by atoms with E-state index >= 15 is 0 Å². The molecule has 5 heteroatoms. The molecule has 0 aromatic heterocycles. The molecule has 0 bridgehead atoms. The predicted octanol–water partition coefficient (Wildman–Crippen LogP) is 4.19. The molecule has 0 saturated heterocycles. The van der Waals surface area contributed by atoms with Crippen molar-refractivity contribution < 1.29 is 14.3 Å². The minimum atomic E-state index is -0.334. The number of benzene rings is 3. The van der Waals surface area contributed by atoms with E-state index in [1.807, 2.05) is 84.9 Å². The van der Waals surface area contributed by atoms with Crippen LogP contribution in [0.2, 0.25) is 0 Å². The zero-order valence-corrected chi connectivity index (χ0v) is 17.7. The predicted molar refractivity (Wildman–Crippen MR) is 122 cm³/mol. The van der Waals surface area contributed by atoms with E-state index in [1.54, 1.807) is 0 Å². The van der Waals surface area contributed by atoms with E-state index in [1.165, 1.54) is 6.92 Å². The van der Waals surface area contributed by atoms with Gasteiger partial charge in [0.1, 0.15) is 12.4 Å². The summed E-state index contributed by atoms with van der Waals surface area (Å²) in [6.45, 7) is 2.53. The number of amides is 2. The lowest BCUT2D eigenvalue weighted by atomic mass is 10.0. The smallest absolute Gasteiger partial charge is 0.222 e. The second-order valence-electron chi connectivity index (χ2n) is 7.39. The zero-order valence-electron chi connectivity index (χ0n) is 17.7. The summed E-state index contributed by atoms with van der Waals surface area (Å²) in [7, 11) is 0. The summed E-state index contributed by atoms with van der Waals surface area (Å²) >= 11 is 0. The molecule has 3 rings (SSSR count). The molecule has 160 valence electrons. The highest BCUT2D eigenvalue weighted by molar-refractivity contribution is 5.79. The van der Waals surface area contributed by atoms with E-state index < -0.39 is 0 Å². The van der Waals surface area contributed by atoms with Crippen molar-refractivity contribution in [2.24, 2.45) is 0 Å². The molecule has 2 amide bonds. The number of nitrogens with one attached hydrogen (secondary N) is 2. The third-order valence-corrected chi connectivity index (χ3v) is 4.88. The Morgan fingerprint density at radius 3 is 2.13 bits per heavy atom. The van der Waals surface area contributed by atoms with Crippen LogP contribution in [0.25, 0.3) is 0 Å². The molecule has 31 heavy (non-hydrogen) atoms. The fraction of sp³-hybridized carbons (Fsp3) is 0.231. The highest BCUT2D eigenvalue weighted by atomic mass is 16.5. The van der Waals surface area contributed by atoms with Gasteiger partial charge in [-0.1, -0.05) is 72.8 Å². The van der Waals surface area contributed by atoms with Crippen LogP contribution in [0.5, 0.6) is 5.75 Å². The number of hydrogen-bond donors (Lipinski definition) is 2. The number of rotatable bonds is 10. The lowest BCUT2D eigenvalue weighted by Crippen LogP contribution is -2.33. The summed E-state index contributed by atoms with van der Waals surface area (Å²) in [6.07, 6.45) is 0.927. The summed E-state index contributed by atoms with van der Waals surface area (Å²) in [5.74, 6) is 0.569. The molecule has 5 nitrogen and oxygen atoms in total. The van der Waals surface area contributed by atoms with Gasteiger partial charge in [0.2, 0.25) is 11.8 Å². The minimum absolute atomic E-state index is 0.0922. The van der Waals surface area contributed by atoms with Crippen LogP contribution in [0.4, 0.5) is 0 Å². The fourth-order valence-corrected chi connectivity index (χ4v) is 3.28. The number of carbonyl (C=O) groups excluding carboxylic acids is 2.